The van der Waals surface area contributed by atoms with Gasteiger partial charge in [0.05, 0.1) is 69.1 Å². The van der Waals surface area contributed by atoms with Crippen molar-refractivity contribution in [2.24, 2.45) is 5.41 Å². The summed E-state index contributed by atoms with van der Waals surface area (Å²) in [5.74, 6) is -0.120. The number of hydrogen-bond acceptors (Lipinski definition) is 8. The Bertz CT molecular complexity index is 1310. The van der Waals surface area contributed by atoms with E-state index in [4.69, 9.17) is 9.47 Å². The number of hydrogen-bond donors (Lipinski definition) is 4. The number of nitrogens with one attached hydrogen (secondary N) is 1. The number of nitrogens with zero attached hydrogens (tertiary/aromatic N) is 2. The zero-order valence-electron chi connectivity index (χ0n) is 23.0. The van der Waals surface area contributed by atoms with Gasteiger partial charge < -0.3 is 34.6 Å². The Labute approximate surface area is 237 Å². The Morgan fingerprint density at radius 3 is 2.35 bits per heavy atom. The normalized spacial score (nSPS) is 14.2. The maximum absolute atomic E-state index is 13.3. The van der Waals surface area contributed by atoms with Crippen LogP contribution in [0.5, 0.6) is 11.5 Å². The Morgan fingerprint density at radius 1 is 1.07 bits per heavy atom. The van der Waals surface area contributed by atoms with Gasteiger partial charge in [0.15, 0.2) is 11.5 Å². The van der Waals surface area contributed by atoms with Gasteiger partial charge in [-0.2, -0.15) is 0 Å². The number of ether oxygens (including phenoxy) is 2. The summed E-state index contributed by atoms with van der Waals surface area (Å²) in [6.45, 7) is 2.64. The summed E-state index contributed by atoms with van der Waals surface area (Å²) < 4.78 is 13.0. The SMILES string of the molecule is COc1cc2sc(CNC(=O)C3(CC(=O)O)Cc4ccccc4C3)nc2cc1OCCC[N+](C)(CCO)CCO. The number of carboxylic acid groups (broad SMARTS) is 1. The third-order valence-electron chi connectivity index (χ3n) is 7.65. The topological polar surface area (TPSA) is 138 Å². The van der Waals surface area contributed by atoms with Crippen LogP contribution in [0.25, 0.3) is 10.2 Å². The number of carbonyl (C=O) groups excluding carboxylic acids is 1. The fourth-order valence-corrected chi connectivity index (χ4v) is 6.39. The average Bonchev–Trinajstić information content (AvgIpc) is 3.49. The highest BCUT2D eigenvalue weighted by molar-refractivity contribution is 7.18. The molecule has 4 N–H and O–H groups in total. The molecule has 0 unspecified atom stereocenters. The molecule has 0 spiro atoms. The van der Waals surface area contributed by atoms with Crippen LogP contribution in [0.1, 0.15) is 29.0 Å². The number of carbonyl (C=O) groups is 2. The van der Waals surface area contributed by atoms with Crippen LogP contribution in [-0.2, 0) is 29.0 Å². The molecule has 0 saturated heterocycles. The molecule has 0 bridgehead atoms. The second-order valence-electron chi connectivity index (χ2n) is 10.7. The number of aliphatic carboxylic acids is 1. The summed E-state index contributed by atoms with van der Waals surface area (Å²) in [4.78, 5) is 29.7. The van der Waals surface area contributed by atoms with Crippen molar-refractivity contribution >= 4 is 33.4 Å². The molecule has 0 saturated carbocycles. The van der Waals surface area contributed by atoms with E-state index in [9.17, 15) is 24.9 Å². The summed E-state index contributed by atoms with van der Waals surface area (Å²) in [5, 5.41) is 31.9. The molecule has 0 fully saturated rings. The number of amides is 1. The van der Waals surface area contributed by atoms with Gasteiger partial charge in [-0.25, -0.2) is 4.98 Å². The number of benzene rings is 2. The summed E-state index contributed by atoms with van der Waals surface area (Å²) in [6.07, 6.45) is 1.30. The molecule has 11 heteroatoms. The lowest BCUT2D eigenvalue weighted by Gasteiger charge is -2.33. The van der Waals surface area contributed by atoms with Crippen molar-refractivity contribution in [2.45, 2.75) is 32.2 Å². The Morgan fingerprint density at radius 2 is 1.75 bits per heavy atom. The van der Waals surface area contributed by atoms with Crippen LogP contribution >= 0.6 is 11.3 Å². The number of methoxy groups -OCH3 is 1. The third-order valence-corrected chi connectivity index (χ3v) is 8.66. The van der Waals surface area contributed by atoms with Crippen LogP contribution in [0, 0.1) is 5.41 Å². The molecule has 2 aromatic carbocycles. The van der Waals surface area contributed by atoms with Crippen molar-refractivity contribution in [3.05, 3.63) is 52.5 Å². The number of aliphatic hydroxyl groups excluding tert-OH is 2. The van der Waals surface area contributed by atoms with Gasteiger partial charge in [0, 0.05) is 18.6 Å². The monoisotopic (exact) mass is 572 g/mol. The third kappa shape index (κ3) is 6.90. The van der Waals surface area contributed by atoms with Crippen molar-refractivity contribution in [1.82, 2.24) is 10.3 Å². The van der Waals surface area contributed by atoms with Crippen molar-refractivity contribution in [2.75, 3.05) is 53.6 Å². The van der Waals surface area contributed by atoms with E-state index in [1.807, 2.05) is 43.4 Å². The van der Waals surface area contributed by atoms with Gasteiger partial charge in [-0.05, 0) is 24.0 Å². The Hall–Kier alpha value is -3.25. The number of quaternary nitrogens is 1. The summed E-state index contributed by atoms with van der Waals surface area (Å²) in [5.41, 5.74) is 1.74. The lowest BCUT2D eigenvalue weighted by Crippen LogP contribution is -2.49. The average molecular weight is 573 g/mol. The molecule has 1 aliphatic carbocycles. The van der Waals surface area contributed by atoms with E-state index in [0.717, 1.165) is 34.3 Å². The van der Waals surface area contributed by atoms with Gasteiger partial charge in [0.1, 0.15) is 18.1 Å². The van der Waals surface area contributed by atoms with Gasteiger partial charge in [-0.15, -0.1) is 11.3 Å². The second kappa shape index (κ2) is 12.9. The van der Waals surface area contributed by atoms with Crippen molar-refractivity contribution in [1.29, 1.82) is 0 Å². The second-order valence-corrected chi connectivity index (χ2v) is 11.8. The molecule has 1 aromatic heterocycles. The minimum Gasteiger partial charge on any atom is -0.493 e. The molecule has 1 amide bonds. The molecular formula is C29H38N3O7S+. The van der Waals surface area contributed by atoms with E-state index in [1.54, 1.807) is 7.11 Å². The minimum atomic E-state index is -1.01. The number of likely N-dealkylation sites (N-methyl/N-ethyl adjacent to an activating group) is 1. The number of carboxylic acids is 1. The van der Waals surface area contributed by atoms with Crippen LogP contribution in [0.15, 0.2) is 36.4 Å². The number of fused-ring (bicyclic) bond motifs is 2. The van der Waals surface area contributed by atoms with E-state index in [0.29, 0.717) is 53.5 Å². The molecule has 0 aliphatic heterocycles. The molecular weight excluding hydrogens is 534 g/mol. The van der Waals surface area contributed by atoms with Crippen LogP contribution in [0.3, 0.4) is 0 Å². The predicted molar refractivity (Wildman–Crippen MR) is 152 cm³/mol. The molecule has 0 radical (unpaired) electrons. The van der Waals surface area contributed by atoms with Crippen LogP contribution < -0.4 is 14.8 Å². The molecule has 40 heavy (non-hydrogen) atoms. The quantitative estimate of drug-likeness (QED) is 0.161. The lowest BCUT2D eigenvalue weighted by atomic mass is 9.80. The molecule has 216 valence electrons. The number of aliphatic hydroxyl groups is 2. The highest BCUT2D eigenvalue weighted by Crippen LogP contribution is 2.40. The van der Waals surface area contributed by atoms with Gasteiger partial charge in [0.2, 0.25) is 5.91 Å². The van der Waals surface area contributed by atoms with Crippen LogP contribution in [0.4, 0.5) is 0 Å². The van der Waals surface area contributed by atoms with Crippen molar-refractivity contribution in [3.63, 3.8) is 0 Å². The highest BCUT2D eigenvalue weighted by Gasteiger charge is 2.45. The van der Waals surface area contributed by atoms with Gasteiger partial charge >= 0.3 is 5.97 Å². The Kier molecular flexibility index (Phi) is 9.62. The first-order chi connectivity index (χ1) is 19.2. The van der Waals surface area contributed by atoms with Crippen LogP contribution in [-0.4, -0.2) is 90.3 Å². The van der Waals surface area contributed by atoms with E-state index < -0.39 is 11.4 Å². The number of aromatic nitrogens is 1. The summed E-state index contributed by atoms with van der Waals surface area (Å²) >= 11 is 1.44. The molecule has 4 rings (SSSR count). The Balaban J connectivity index is 1.41. The highest BCUT2D eigenvalue weighted by atomic mass is 32.1. The largest absolute Gasteiger partial charge is 0.493 e. The lowest BCUT2D eigenvalue weighted by molar-refractivity contribution is -0.910. The minimum absolute atomic E-state index is 0.0582. The zero-order chi connectivity index (χ0) is 28.8. The van der Waals surface area contributed by atoms with Gasteiger partial charge in [0.25, 0.3) is 0 Å². The van der Waals surface area contributed by atoms with Crippen molar-refractivity contribution < 1.29 is 38.9 Å². The molecule has 10 nitrogen and oxygen atoms in total. The fraction of sp³-hybridized carbons (Fsp3) is 0.483. The number of thiazole rings is 1. The first-order valence-electron chi connectivity index (χ1n) is 13.4. The molecule has 0 atom stereocenters. The number of rotatable bonds is 15. The predicted octanol–water partition coefficient (Wildman–Crippen LogP) is 2.38. The van der Waals surface area contributed by atoms with E-state index in [1.165, 1.54) is 11.3 Å². The first kappa shape index (κ1) is 29.7. The van der Waals surface area contributed by atoms with Gasteiger partial charge in [-0.1, -0.05) is 24.3 Å². The summed E-state index contributed by atoms with van der Waals surface area (Å²) in [7, 11) is 3.58. The zero-order valence-corrected chi connectivity index (χ0v) is 23.8. The smallest absolute Gasteiger partial charge is 0.304 e. The van der Waals surface area contributed by atoms with Gasteiger partial charge in [-0.3, -0.25) is 9.59 Å². The maximum Gasteiger partial charge on any atom is 0.304 e. The maximum atomic E-state index is 13.3. The van der Waals surface area contributed by atoms with E-state index >= 15 is 0 Å². The van der Waals surface area contributed by atoms with E-state index in [2.05, 4.69) is 10.3 Å². The fourth-order valence-electron chi connectivity index (χ4n) is 5.47. The standard InChI is InChI=1S/C29H37N3O7S/c1-32(9-11-33,10-12-34)8-5-13-39-24-14-22-25(15-23(24)38-2)40-26(31-22)19-30-28(37)29(18-27(35)36)16-20-6-3-4-7-21(20)17-29/h3-4,6-7,14-15,33-34H,5,8-13,16-19H2,1-2H3,(H-,30,35,36,37)/p+1. The van der Waals surface area contributed by atoms with E-state index in [-0.39, 0.29) is 32.1 Å². The first-order valence-corrected chi connectivity index (χ1v) is 14.2. The van der Waals surface area contributed by atoms with Crippen molar-refractivity contribution in [3.8, 4) is 11.5 Å². The molecule has 3 aromatic rings. The molecule has 1 aliphatic rings. The summed E-state index contributed by atoms with van der Waals surface area (Å²) in [6, 6.07) is 11.4. The molecule has 1 heterocycles. The van der Waals surface area contributed by atoms with Crippen LogP contribution in [0.2, 0.25) is 0 Å².